The first-order valence-electron chi connectivity index (χ1n) is 11.9. The number of carboxylic acid groups (broad SMARTS) is 1. The summed E-state index contributed by atoms with van der Waals surface area (Å²) in [7, 11) is 3.03. The van der Waals surface area contributed by atoms with Crippen molar-refractivity contribution in [2.24, 2.45) is 5.73 Å². The average Bonchev–Trinajstić information content (AvgIpc) is 3.40. The maximum absolute atomic E-state index is 13.1. The van der Waals surface area contributed by atoms with Gasteiger partial charge in [0.15, 0.2) is 11.2 Å². The number of aromatic nitrogens is 1. The lowest BCUT2D eigenvalue weighted by Crippen LogP contribution is -2.72. The molecule has 0 spiro atoms. The molecule has 1 saturated heterocycles. The molecule has 12 nitrogen and oxygen atoms in total. The zero-order chi connectivity index (χ0) is 28.8. The highest BCUT2D eigenvalue weighted by molar-refractivity contribution is 7.22. The number of carbonyl (C=O) groups is 2. The first-order chi connectivity index (χ1) is 18.9. The Morgan fingerprint density at radius 2 is 2.00 bits per heavy atom. The van der Waals surface area contributed by atoms with Crippen molar-refractivity contribution in [3.8, 4) is 11.5 Å². The number of nitrogens with two attached hydrogens (primary N) is 1. The number of hydrogen-bond acceptors (Lipinski definition) is 11. The van der Waals surface area contributed by atoms with Gasteiger partial charge in [-0.2, -0.15) is 0 Å². The van der Waals surface area contributed by atoms with Crippen molar-refractivity contribution in [2.45, 2.75) is 18.2 Å². The minimum absolute atomic E-state index is 0.0999. The number of nitrogens with one attached hydrogen (secondary N) is 2. The molecule has 40 heavy (non-hydrogen) atoms. The lowest BCUT2D eigenvalue weighted by Gasteiger charge is -2.47. The minimum atomic E-state index is -4.85. The molecule has 3 aromatic rings. The fourth-order valence-corrected chi connectivity index (χ4v) is 5.95. The van der Waals surface area contributed by atoms with Crippen LogP contribution in [-0.2, 0) is 9.53 Å². The highest BCUT2D eigenvalue weighted by atomic mass is 32.1. The molecular formula is C24H25F3N6O6S. The van der Waals surface area contributed by atoms with E-state index in [2.05, 4.69) is 20.4 Å². The van der Waals surface area contributed by atoms with E-state index in [1.54, 1.807) is 11.9 Å². The molecule has 5 rings (SSSR count). The Kier molecular flexibility index (Phi) is 7.01. The summed E-state index contributed by atoms with van der Waals surface area (Å²) in [4.78, 5) is 33.0. The van der Waals surface area contributed by atoms with Crippen molar-refractivity contribution in [1.82, 2.24) is 9.88 Å². The largest absolute Gasteiger partial charge is 0.573 e. The molecule has 0 radical (unpaired) electrons. The fourth-order valence-electron chi connectivity index (χ4n) is 5.00. The van der Waals surface area contributed by atoms with E-state index >= 15 is 0 Å². The smallest absolute Gasteiger partial charge is 0.496 e. The van der Waals surface area contributed by atoms with Crippen molar-refractivity contribution in [3.05, 3.63) is 35.9 Å². The molecule has 1 aromatic heterocycles. The van der Waals surface area contributed by atoms with Crippen LogP contribution in [0, 0.1) is 0 Å². The second kappa shape index (κ2) is 10.2. The number of rotatable bonds is 8. The van der Waals surface area contributed by atoms with Gasteiger partial charge in [0.2, 0.25) is 11.7 Å². The van der Waals surface area contributed by atoms with Gasteiger partial charge in [-0.15, -0.1) is 13.2 Å². The first kappa shape index (κ1) is 27.5. The van der Waals surface area contributed by atoms with Gasteiger partial charge in [0.05, 0.1) is 41.9 Å². The number of nitrogens with zero attached hydrogens (tertiary/aromatic N) is 3. The van der Waals surface area contributed by atoms with E-state index in [0.29, 0.717) is 47.9 Å². The molecule has 3 heterocycles. The summed E-state index contributed by atoms with van der Waals surface area (Å²) < 4.78 is 53.4. The number of primary amides is 1. The molecule has 5 N–H and O–H groups in total. The molecule has 214 valence electrons. The number of anilines is 3. The van der Waals surface area contributed by atoms with E-state index in [9.17, 15) is 27.9 Å². The number of benzene rings is 2. The number of aromatic carboxylic acids is 1. The van der Waals surface area contributed by atoms with Crippen LogP contribution in [0.3, 0.4) is 0 Å². The van der Waals surface area contributed by atoms with Gasteiger partial charge in [-0.1, -0.05) is 11.3 Å². The van der Waals surface area contributed by atoms with Crippen molar-refractivity contribution in [3.63, 3.8) is 0 Å². The Morgan fingerprint density at radius 1 is 1.27 bits per heavy atom. The second-order valence-corrected chi connectivity index (χ2v) is 10.1. The average molecular weight is 583 g/mol. The SMILES string of the molecule is COc1cc2c(cc1C(=O)O)NC(Nc1nc3ccc(OC(F)(F)F)cc3s1)(C(C(N)=O)N1CCOCC1)N2C. The molecule has 2 atom stereocenters. The van der Waals surface area contributed by atoms with Crippen LogP contribution in [0.25, 0.3) is 10.2 Å². The summed E-state index contributed by atoms with van der Waals surface area (Å²) in [6, 6.07) is 5.66. The molecule has 0 bridgehead atoms. The Labute approximate surface area is 229 Å². The number of carbonyl (C=O) groups excluding carboxylic acids is 1. The zero-order valence-corrected chi connectivity index (χ0v) is 22.1. The summed E-state index contributed by atoms with van der Waals surface area (Å²) in [5, 5.41) is 16.5. The summed E-state index contributed by atoms with van der Waals surface area (Å²) in [6.07, 6.45) is -4.85. The predicted octanol–water partition coefficient (Wildman–Crippen LogP) is 2.72. The Balaban J connectivity index is 1.61. The highest BCUT2D eigenvalue weighted by Crippen LogP contribution is 2.46. The first-order valence-corrected chi connectivity index (χ1v) is 12.8. The van der Waals surface area contributed by atoms with Crippen LogP contribution in [0.1, 0.15) is 10.4 Å². The number of hydrogen-bond donors (Lipinski definition) is 4. The summed E-state index contributed by atoms with van der Waals surface area (Å²) in [5.74, 6) is -3.68. The van der Waals surface area contributed by atoms with Crippen LogP contribution in [0.15, 0.2) is 30.3 Å². The summed E-state index contributed by atoms with van der Waals surface area (Å²) in [5.41, 5.74) is 7.17. The van der Waals surface area contributed by atoms with Crippen molar-refractivity contribution >= 4 is 49.9 Å². The molecule has 16 heteroatoms. The highest BCUT2D eigenvalue weighted by Gasteiger charge is 2.54. The maximum Gasteiger partial charge on any atom is 0.573 e. The van der Waals surface area contributed by atoms with E-state index in [-0.39, 0.29) is 16.4 Å². The Bertz CT molecular complexity index is 1460. The van der Waals surface area contributed by atoms with Gasteiger partial charge >= 0.3 is 12.3 Å². The third-order valence-electron chi connectivity index (χ3n) is 6.73. The minimum Gasteiger partial charge on any atom is -0.496 e. The molecule has 2 unspecified atom stereocenters. The molecule has 0 aliphatic carbocycles. The number of amides is 1. The van der Waals surface area contributed by atoms with Crippen LogP contribution in [-0.4, -0.2) is 85.5 Å². The normalized spacial score (nSPS) is 20.1. The molecule has 1 fully saturated rings. The van der Waals surface area contributed by atoms with E-state index in [4.69, 9.17) is 15.2 Å². The van der Waals surface area contributed by atoms with Crippen LogP contribution in [0.2, 0.25) is 0 Å². The molecule has 2 aromatic carbocycles. The number of likely N-dealkylation sites (N-methyl/N-ethyl adjacent to an activating group) is 1. The van der Waals surface area contributed by atoms with E-state index < -0.39 is 35.8 Å². The van der Waals surface area contributed by atoms with Crippen molar-refractivity contribution in [1.29, 1.82) is 0 Å². The number of halogens is 3. The number of carboxylic acids is 1. The van der Waals surface area contributed by atoms with Crippen LogP contribution in [0.5, 0.6) is 11.5 Å². The number of alkyl halides is 3. The van der Waals surface area contributed by atoms with E-state index in [1.165, 1.54) is 31.4 Å². The summed E-state index contributed by atoms with van der Waals surface area (Å²) in [6.45, 7) is 1.47. The third kappa shape index (κ3) is 5.00. The number of thiazole rings is 1. The van der Waals surface area contributed by atoms with E-state index in [1.807, 2.05) is 4.90 Å². The molecule has 2 aliphatic heterocycles. The number of morpholine rings is 1. The zero-order valence-electron chi connectivity index (χ0n) is 21.2. The Hall–Kier alpha value is -4.02. The van der Waals surface area contributed by atoms with Crippen LogP contribution < -0.4 is 30.7 Å². The topological polar surface area (TPSA) is 152 Å². The van der Waals surface area contributed by atoms with Gasteiger partial charge < -0.3 is 40.6 Å². The molecule has 2 aliphatic rings. The molecular weight excluding hydrogens is 557 g/mol. The predicted molar refractivity (Wildman–Crippen MR) is 140 cm³/mol. The van der Waals surface area contributed by atoms with Gasteiger partial charge in [-0.25, -0.2) is 9.78 Å². The second-order valence-electron chi connectivity index (χ2n) is 9.10. The Morgan fingerprint density at radius 3 is 2.62 bits per heavy atom. The monoisotopic (exact) mass is 582 g/mol. The lowest BCUT2D eigenvalue weighted by molar-refractivity contribution is -0.274. The van der Waals surface area contributed by atoms with Crippen molar-refractivity contribution in [2.75, 3.05) is 56.0 Å². The van der Waals surface area contributed by atoms with Crippen LogP contribution in [0.4, 0.5) is 29.7 Å². The van der Waals surface area contributed by atoms with Crippen LogP contribution >= 0.6 is 11.3 Å². The molecule has 0 saturated carbocycles. The number of fused-ring (bicyclic) bond motifs is 2. The lowest BCUT2D eigenvalue weighted by atomic mass is 10.0. The van der Waals surface area contributed by atoms with E-state index in [0.717, 1.165) is 17.4 Å². The fraction of sp³-hybridized carbons (Fsp3) is 0.375. The van der Waals surface area contributed by atoms with Gasteiger partial charge in [0.25, 0.3) is 0 Å². The maximum atomic E-state index is 13.1. The summed E-state index contributed by atoms with van der Waals surface area (Å²) >= 11 is 1.04. The quantitative estimate of drug-likeness (QED) is 0.310. The number of ether oxygens (including phenoxy) is 3. The van der Waals surface area contributed by atoms with Gasteiger partial charge in [0.1, 0.15) is 17.1 Å². The van der Waals surface area contributed by atoms with Gasteiger partial charge in [-0.3, -0.25) is 9.69 Å². The third-order valence-corrected chi connectivity index (χ3v) is 7.66. The van der Waals surface area contributed by atoms with Crippen molar-refractivity contribution < 1.29 is 42.1 Å². The van der Waals surface area contributed by atoms with Gasteiger partial charge in [0, 0.05) is 32.3 Å². The molecule has 1 amide bonds. The standard InChI is InChI=1S/C24H25F3N6O6S/c1-32-16-11-17(37-2)13(21(35)36)10-15(16)30-23(32,19(20(28)34)33-5-7-38-8-6-33)31-22-29-14-4-3-12(9-18(14)40-22)39-24(25,26)27/h3-4,9-11,19,30H,5-8H2,1-2H3,(H2,28,34)(H,29,31)(H,35,36). The van der Waals surface area contributed by atoms with Gasteiger partial charge in [-0.05, 0) is 18.2 Å². The number of methoxy groups -OCH3 is 1.